The largest absolute Gasteiger partial charge is 0.465 e. The zero-order valence-electron chi connectivity index (χ0n) is 11.9. The second-order valence-corrected chi connectivity index (χ2v) is 5.29. The number of benzene rings is 1. The molecule has 0 spiro atoms. The van der Waals surface area contributed by atoms with Crippen LogP contribution in [0, 0.1) is 11.7 Å². The topological polar surface area (TPSA) is 81.4 Å². The summed E-state index contributed by atoms with van der Waals surface area (Å²) in [6.45, 7) is 0. The van der Waals surface area contributed by atoms with Crippen LogP contribution in [0.2, 0.25) is 0 Å². The molecule has 3 N–H and O–H groups in total. The maximum atomic E-state index is 13.7. The van der Waals surface area contributed by atoms with Crippen molar-refractivity contribution < 1.29 is 18.7 Å². The van der Waals surface area contributed by atoms with Crippen LogP contribution in [0.3, 0.4) is 0 Å². The van der Waals surface area contributed by atoms with Gasteiger partial charge in [0.15, 0.2) is 0 Å². The van der Waals surface area contributed by atoms with Crippen LogP contribution in [-0.4, -0.2) is 25.0 Å². The molecule has 1 amide bonds. The van der Waals surface area contributed by atoms with Gasteiger partial charge in [0.2, 0.25) is 5.91 Å². The number of methoxy groups -OCH3 is 1. The van der Waals surface area contributed by atoms with Crippen molar-refractivity contribution in [3.8, 4) is 0 Å². The van der Waals surface area contributed by atoms with Crippen molar-refractivity contribution >= 4 is 17.6 Å². The average molecular weight is 294 g/mol. The van der Waals surface area contributed by atoms with E-state index < -0.39 is 11.8 Å². The highest BCUT2D eigenvalue weighted by Crippen LogP contribution is 2.27. The first kappa shape index (κ1) is 15.4. The van der Waals surface area contributed by atoms with E-state index >= 15 is 0 Å². The molecule has 1 fully saturated rings. The summed E-state index contributed by atoms with van der Waals surface area (Å²) in [5, 5.41) is 2.50. The summed E-state index contributed by atoms with van der Waals surface area (Å²) in [4.78, 5) is 23.4. The summed E-state index contributed by atoms with van der Waals surface area (Å²) in [6.07, 6.45) is 3.12. The first-order valence-corrected chi connectivity index (χ1v) is 6.94. The number of rotatable bonds is 4. The number of halogens is 1. The highest BCUT2D eigenvalue weighted by molar-refractivity contribution is 5.94. The Kier molecular flexibility index (Phi) is 4.90. The van der Waals surface area contributed by atoms with Gasteiger partial charge in [0.1, 0.15) is 5.82 Å². The van der Waals surface area contributed by atoms with Crippen LogP contribution >= 0.6 is 0 Å². The Morgan fingerprint density at radius 1 is 1.43 bits per heavy atom. The summed E-state index contributed by atoms with van der Waals surface area (Å²) >= 11 is 0. The Morgan fingerprint density at radius 2 is 2.19 bits per heavy atom. The van der Waals surface area contributed by atoms with Crippen LogP contribution in [0.4, 0.5) is 10.1 Å². The molecule has 1 saturated carbocycles. The van der Waals surface area contributed by atoms with Crippen molar-refractivity contribution in [2.75, 3.05) is 12.4 Å². The van der Waals surface area contributed by atoms with Gasteiger partial charge in [-0.05, 0) is 37.0 Å². The van der Waals surface area contributed by atoms with E-state index in [1.807, 2.05) is 0 Å². The number of ether oxygens (including phenoxy) is 1. The standard InChI is InChI=1S/C15H19FN2O3/c1-21-15(20)10-5-6-11(16)13(7-10)18-14(19)8-9-3-2-4-12(9)17/h5-7,9,12H,2-4,8,17H2,1H3,(H,18,19)/t9-,12+/m0/s1. The van der Waals surface area contributed by atoms with Gasteiger partial charge in [0.05, 0.1) is 18.4 Å². The molecule has 0 bridgehead atoms. The maximum absolute atomic E-state index is 13.7. The molecule has 2 atom stereocenters. The molecule has 0 aliphatic heterocycles. The van der Waals surface area contributed by atoms with E-state index in [1.165, 1.54) is 19.2 Å². The van der Waals surface area contributed by atoms with Crippen LogP contribution in [0.1, 0.15) is 36.0 Å². The number of hydrogen-bond acceptors (Lipinski definition) is 4. The van der Waals surface area contributed by atoms with E-state index in [4.69, 9.17) is 5.73 Å². The summed E-state index contributed by atoms with van der Waals surface area (Å²) in [7, 11) is 1.24. The third-order valence-electron chi connectivity index (χ3n) is 3.83. The SMILES string of the molecule is COC(=O)c1ccc(F)c(NC(=O)C[C@@H]2CCC[C@H]2N)c1. The Morgan fingerprint density at radius 3 is 2.81 bits per heavy atom. The molecule has 1 aliphatic rings. The second-order valence-electron chi connectivity index (χ2n) is 5.29. The van der Waals surface area contributed by atoms with Crippen molar-refractivity contribution in [2.24, 2.45) is 11.7 Å². The minimum absolute atomic E-state index is 0.0190. The van der Waals surface area contributed by atoms with Gasteiger partial charge in [-0.1, -0.05) is 6.42 Å². The second kappa shape index (κ2) is 6.67. The van der Waals surface area contributed by atoms with E-state index in [0.717, 1.165) is 25.3 Å². The summed E-state index contributed by atoms with van der Waals surface area (Å²) in [6, 6.07) is 3.74. The van der Waals surface area contributed by atoms with Crippen molar-refractivity contribution in [1.82, 2.24) is 0 Å². The van der Waals surface area contributed by atoms with Gasteiger partial charge >= 0.3 is 5.97 Å². The molecule has 1 aliphatic carbocycles. The first-order chi connectivity index (χ1) is 10.0. The van der Waals surface area contributed by atoms with Gasteiger partial charge in [-0.25, -0.2) is 9.18 Å². The number of esters is 1. The molecule has 2 rings (SSSR count). The molecule has 0 saturated heterocycles. The lowest BCUT2D eigenvalue weighted by atomic mass is 10.00. The van der Waals surface area contributed by atoms with E-state index in [9.17, 15) is 14.0 Å². The number of amides is 1. The van der Waals surface area contributed by atoms with Gasteiger partial charge in [-0.15, -0.1) is 0 Å². The highest BCUT2D eigenvalue weighted by Gasteiger charge is 2.26. The number of nitrogens with two attached hydrogens (primary N) is 1. The maximum Gasteiger partial charge on any atom is 0.337 e. The number of hydrogen-bond donors (Lipinski definition) is 2. The number of nitrogens with one attached hydrogen (secondary N) is 1. The lowest BCUT2D eigenvalue weighted by molar-refractivity contribution is -0.117. The van der Waals surface area contributed by atoms with Crippen LogP contribution in [0.5, 0.6) is 0 Å². The highest BCUT2D eigenvalue weighted by atomic mass is 19.1. The zero-order chi connectivity index (χ0) is 15.4. The van der Waals surface area contributed by atoms with Crippen molar-refractivity contribution in [3.05, 3.63) is 29.6 Å². The van der Waals surface area contributed by atoms with Crippen LogP contribution in [0.25, 0.3) is 0 Å². The molecule has 6 heteroatoms. The molecule has 5 nitrogen and oxygen atoms in total. The molecule has 0 aromatic heterocycles. The molecule has 1 aromatic carbocycles. The summed E-state index contributed by atoms with van der Waals surface area (Å²) in [5.41, 5.74) is 6.08. The molecule has 114 valence electrons. The molecular formula is C15H19FN2O3. The first-order valence-electron chi connectivity index (χ1n) is 6.94. The quantitative estimate of drug-likeness (QED) is 0.833. The molecule has 0 heterocycles. The number of carbonyl (C=O) groups excluding carboxylic acids is 2. The lowest BCUT2D eigenvalue weighted by Crippen LogP contribution is -2.28. The fraction of sp³-hybridized carbons (Fsp3) is 0.467. The molecule has 21 heavy (non-hydrogen) atoms. The van der Waals surface area contributed by atoms with E-state index in [2.05, 4.69) is 10.1 Å². The zero-order valence-corrected chi connectivity index (χ0v) is 11.9. The summed E-state index contributed by atoms with van der Waals surface area (Å²) in [5.74, 6) is -1.33. The van der Waals surface area contributed by atoms with E-state index in [-0.39, 0.29) is 35.5 Å². The fourth-order valence-corrected chi connectivity index (χ4v) is 2.62. The van der Waals surface area contributed by atoms with Gasteiger partial charge < -0.3 is 15.8 Å². The van der Waals surface area contributed by atoms with Gasteiger partial charge in [-0.3, -0.25) is 4.79 Å². The number of carbonyl (C=O) groups is 2. The molecular weight excluding hydrogens is 275 g/mol. The van der Waals surface area contributed by atoms with Crippen molar-refractivity contribution in [1.29, 1.82) is 0 Å². The van der Waals surface area contributed by atoms with Crippen LogP contribution in [-0.2, 0) is 9.53 Å². The van der Waals surface area contributed by atoms with E-state index in [0.29, 0.717) is 0 Å². The van der Waals surface area contributed by atoms with Crippen molar-refractivity contribution in [3.63, 3.8) is 0 Å². The van der Waals surface area contributed by atoms with Crippen molar-refractivity contribution in [2.45, 2.75) is 31.7 Å². The minimum Gasteiger partial charge on any atom is -0.465 e. The Labute approximate surface area is 122 Å². The van der Waals surface area contributed by atoms with Gasteiger partial charge in [-0.2, -0.15) is 0 Å². The minimum atomic E-state index is -0.591. The number of anilines is 1. The Hall–Kier alpha value is -1.95. The third-order valence-corrected chi connectivity index (χ3v) is 3.83. The average Bonchev–Trinajstić information content (AvgIpc) is 2.85. The van der Waals surface area contributed by atoms with Crippen LogP contribution < -0.4 is 11.1 Å². The smallest absolute Gasteiger partial charge is 0.337 e. The summed E-state index contributed by atoms with van der Waals surface area (Å²) < 4.78 is 18.3. The Balaban J connectivity index is 2.04. The molecule has 0 unspecified atom stereocenters. The predicted molar refractivity (Wildman–Crippen MR) is 76.3 cm³/mol. The molecule has 1 aromatic rings. The van der Waals surface area contributed by atoms with Gasteiger partial charge in [0, 0.05) is 12.5 Å². The van der Waals surface area contributed by atoms with E-state index in [1.54, 1.807) is 0 Å². The van der Waals surface area contributed by atoms with Crippen LogP contribution in [0.15, 0.2) is 18.2 Å². The normalized spacial score (nSPS) is 21.1. The monoisotopic (exact) mass is 294 g/mol. The van der Waals surface area contributed by atoms with Gasteiger partial charge in [0.25, 0.3) is 0 Å². The Bertz CT molecular complexity index is 548. The lowest BCUT2D eigenvalue weighted by Gasteiger charge is -2.15. The molecule has 0 radical (unpaired) electrons. The predicted octanol–water partition coefficient (Wildman–Crippen LogP) is 2.07. The fourth-order valence-electron chi connectivity index (χ4n) is 2.62. The third kappa shape index (κ3) is 3.78.